The summed E-state index contributed by atoms with van der Waals surface area (Å²) in [5, 5.41) is 4.31. The Morgan fingerprint density at radius 1 is 1.69 bits per heavy atom. The molecule has 72 valence electrons. The number of ether oxygens (including phenoxy) is 1. The fourth-order valence-corrected chi connectivity index (χ4v) is 1.32. The zero-order chi connectivity index (χ0) is 10.0. The van der Waals surface area contributed by atoms with Crippen molar-refractivity contribution in [2.75, 3.05) is 6.61 Å². The normalized spacial score (nSPS) is 10.2. The van der Waals surface area contributed by atoms with Crippen LogP contribution in [-0.4, -0.2) is 22.4 Å². The topological polar surface area (TPSA) is 44.1 Å². The third-order valence-corrected chi connectivity index (χ3v) is 2.07. The van der Waals surface area contributed by atoms with Crippen molar-refractivity contribution in [2.24, 2.45) is 7.05 Å². The van der Waals surface area contributed by atoms with E-state index in [-0.39, 0.29) is 0 Å². The van der Waals surface area contributed by atoms with E-state index >= 15 is 0 Å². The van der Waals surface area contributed by atoms with Gasteiger partial charge < -0.3 is 4.74 Å². The zero-order valence-corrected chi connectivity index (χ0v) is 8.55. The van der Waals surface area contributed by atoms with Crippen molar-refractivity contribution in [3.63, 3.8) is 0 Å². The average Bonchev–Trinajstić information content (AvgIpc) is 2.27. The first-order chi connectivity index (χ1) is 6.07. The van der Waals surface area contributed by atoms with E-state index in [0.717, 1.165) is 0 Å². The second-order valence-electron chi connectivity index (χ2n) is 2.60. The van der Waals surface area contributed by atoms with Gasteiger partial charge in [0, 0.05) is 7.05 Å². The molecule has 0 saturated carbocycles. The molecule has 0 atom stereocenters. The average molecular weight is 203 g/mol. The highest BCUT2D eigenvalue weighted by atomic mass is 35.5. The third kappa shape index (κ3) is 1.83. The molecule has 0 aliphatic rings. The largest absolute Gasteiger partial charge is 0.462 e. The predicted molar refractivity (Wildman–Crippen MR) is 48.9 cm³/mol. The Balaban J connectivity index is 3.06. The molecule has 5 heteroatoms. The number of aromatic nitrogens is 2. The number of aryl methyl sites for hydroxylation is 2. The van der Waals surface area contributed by atoms with Crippen LogP contribution < -0.4 is 0 Å². The molecule has 0 radical (unpaired) electrons. The van der Waals surface area contributed by atoms with Gasteiger partial charge in [0.05, 0.1) is 12.3 Å². The molecule has 0 aliphatic heterocycles. The Morgan fingerprint density at radius 3 is 2.69 bits per heavy atom. The molecule has 0 saturated heterocycles. The molecule has 0 fully saturated rings. The minimum Gasteiger partial charge on any atom is -0.462 e. The summed E-state index contributed by atoms with van der Waals surface area (Å²) in [7, 11) is 1.68. The molecule has 13 heavy (non-hydrogen) atoms. The van der Waals surface area contributed by atoms with Gasteiger partial charge in [-0.25, -0.2) is 4.79 Å². The maximum atomic E-state index is 11.3. The summed E-state index contributed by atoms with van der Waals surface area (Å²) in [5.74, 6) is -0.418. The summed E-state index contributed by atoms with van der Waals surface area (Å²) in [4.78, 5) is 11.3. The van der Waals surface area contributed by atoms with Gasteiger partial charge in [0.25, 0.3) is 0 Å². The monoisotopic (exact) mass is 202 g/mol. The zero-order valence-electron chi connectivity index (χ0n) is 7.80. The molecule has 0 aliphatic carbocycles. The Hall–Kier alpha value is -1.03. The number of halogens is 1. The Labute approximate surface area is 81.4 Å². The van der Waals surface area contributed by atoms with E-state index in [4.69, 9.17) is 16.3 Å². The van der Waals surface area contributed by atoms with Crippen LogP contribution >= 0.6 is 11.6 Å². The summed E-state index contributed by atoms with van der Waals surface area (Å²) in [6, 6.07) is 0. The van der Waals surface area contributed by atoms with Crippen LogP contribution in [0.25, 0.3) is 0 Å². The van der Waals surface area contributed by atoms with Crippen LogP contribution in [0.5, 0.6) is 0 Å². The number of carbonyl (C=O) groups excluding carboxylic acids is 1. The minimum absolute atomic E-state index is 0.316. The van der Waals surface area contributed by atoms with Gasteiger partial charge in [-0.15, -0.1) is 0 Å². The van der Waals surface area contributed by atoms with E-state index in [9.17, 15) is 4.79 Å². The van der Waals surface area contributed by atoms with E-state index in [1.165, 1.54) is 4.68 Å². The third-order valence-electron chi connectivity index (χ3n) is 1.63. The van der Waals surface area contributed by atoms with E-state index in [2.05, 4.69) is 5.10 Å². The van der Waals surface area contributed by atoms with Gasteiger partial charge in [0.15, 0.2) is 0 Å². The van der Waals surface area contributed by atoms with Crippen LogP contribution in [-0.2, 0) is 11.8 Å². The standard InChI is InChI=1S/C8H11ClN2O2/c1-4-13-8(12)6-5(2)10-11(3)7(6)9/h4H2,1-3H3. The molecular weight excluding hydrogens is 192 g/mol. The number of rotatable bonds is 2. The lowest BCUT2D eigenvalue weighted by atomic mass is 10.3. The second kappa shape index (κ2) is 3.79. The second-order valence-corrected chi connectivity index (χ2v) is 2.95. The van der Waals surface area contributed by atoms with Crippen molar-refractivity contribution in [2.45, 2.75) is 13.8 Å². The van der Waals surface area contributed by atoms with Crippen LogP contribution in [0.1, 0.15) is 23.0 Å². The lowest BCUT2D eigenvalue weighted by Gasteiger charge is -1.99. The van der Waals surface area contributed by atoms with Gasteiger partial charge in [0.2, 0.25) is 0 Å². The van der Waals surface area contributed by atoms with E-state index in [0.29, 0.717) is 23.0 Å². The molecule has 0 amide bonds. The Bertz CT molecular complexity index is 333. The maximum absolute atomic E-state index is 11.3. The molecule has 0 N–H and O–H groups in total. The first kappa shape index (κ1) is 10.1. The van der Waals surface area contributed by atoms with Gasteiger partial charge in [0.1, 0.15) is 10.7 Å². The predicted octanol–water partition coefficient (Wildman–Crippen LogP) is 1.56. The summed E-state index contributed by atoms with van der Waals surface area (Å²) in [5.41, 5.74) is 0.942. The Kier molecular flexibility index (Phi) is 2.93. The molecule has 1 rings (SSSR count). The fourth-order valence-electron chi connectivity index (χ4n) is 1.07. The minimum atomic E-state index is -0.418. The summed E-state index contributed by atoms with van der Waals surface area (Å²) in [6.07, 6.45) is 0. The van der Waals surface area contributed by atoms with Crippen molar-refractivity contribution in [1.82, 2.24) is 9.78 Å². The quantitative estimate of drug-likeness (QED) is 0.684. The molecule has 1 heterocycles. The molecule has 0 spiro atoms. The molecule has 0 unspecified atom stereocenters. The van der Waals surface area contributed by atoms with Crippen LogP contribution in [0, 0.1) is 6.92 Å². The number of carbonyl (C=O) groups is 1. The smallest absolute Gasteiger partial charge is 0.343 e. The van der Waals surface area contributed by atoms with Gasteiger partial charge >= 0.3 is 5.97 Å². The number of hydrogen-bond acceptors (Lipinski definition) is 3. The van der Waals surface area contributed by atoms with Crippen molar-refractivity contribution in [1.29, 1.82) is 0 Å². The molecule has 1 aromatic rings. The first-order valence-electron chi connectivity index (χ1n) is 3.94. The highest BCUT2D eigenvalue weighted by Crippen LogP contribution is 2.19. The summed E-state index contributed by atoms with van der Waals surface area (Å²) in [6.45, 7) is 3.80. The lowest BCUT2D eigenvalue weighted by molar-refractivity contribution is 0.0525. The van der Waals surface area contributed by atoms with Gasteiger partial charge in [-0.05, 0) is 13.8 Å². The van der Waals surface area contributed by atoms with Crippen LogP contribution in [0.3, 0.4) is 0 Å². The SMILES string of the molecule is CCOC(=O)c1c(C)nn(C)c1Cl. The molecule has 0 aromatic carbocycles. The van der Waals surface area contributed by atoms with Crippen molar-refractivity contribution >= 4 is 17.6 Å². The van der Waals surface area contributed by atoms with Crippen LogP contribution in [0.15, 0.2) is 0 Å². The number of hydrogen-bond donors (Lipinski definition) is 0. The summed E-state index contributed by atoms with van der Waals surface area (Å²) >= 11 is 5.84. The van der Waals surface area contributed by atoms with Crippen LogP contribution in [0.2, 0.25) is 5.15 Å². The van der Waals surface area contributed by atoms with Gasteiger partial charge in [-0.3, -0.25) is 4.68 Å². The highest BCUT2D eigenvalue weighted by molar-refractivity contribution is 6.32. The maximum Gasteiger partial charge on any atom is 0.343 e. The fraction of sp³-hybridized carbons (Fsp3) is 0.500. The molecular formula is C8H11ClN2O2. The van der Waals surface area contributed by atoms with Crippen LogP contribution in [0.4, 0.5) is 0 Å². The molecule has 1 aromatic heterocycles. The number of esters is 1. The summed E-state index contributed by atoms with van der Waals surface area (Å²) < 4.78 is 6.27. The van der Waals surface area contributed by atoms with E-state index < -0.39 is 5.97 Å². The molecule has 0 bridgehead atoms. The first-order valence-corrected chi connectivity index (χ1v) is 4.32. The van der Waals surface area contributed by atoms with Gasteiger partial charge in [-0.2, -0.15) is 5.10 Å². The highest BCUT2D eigenvalue weighted by Gasteiger charge is 2.19. The lowest BCUT2D eigenvalue weighted by Crippen LogP contribution is -2.05. The van der Waals surface area contributed by atoms with Crippen molar-refractivity contribution in [3.8, 4) is 0 Å². The number of nitrogens with zero attached hydrogens (tertiary/aromatic N) is 2. The van der Waals surface area contributed by atoms with E-state index in [1.807, 2.05) is 0 Å². The van der Waals surface area contributed by atoms with Gasteiger partial charge in [-0.1, -0.05) is 11.6 Å². The van der Waals surface area contributed by atoms with E-state index in [1.54, 1.807) is 20.9 Å². The van der Waals surface area contributed by atoms with Crippen molar-refractivity contribution in [3.05, 3.63) is 16.4 Å². The molecule has 4 nitrogen and oxygen atoms in total. The Morgan fingerprint density at radius 2 is 2.31 bits per heavy atom. The van der Waals surface area contributed by atoms with Crippen molar-refractivity contribution < 1.29 is 9.53 Å².